The van der Waals surface area contributed by atoms with Gasteiger partial charge in [-0.3, -0.25) is 4.79 Å². The number of nitrogens with two attached hydrogens (primary N) is 1. The lowest BCUT2D eigenvalue weighted by atomic mass is 10.1. The number of nitrogens with one attached hydrogen (secondary N) is 1. The lowest BCUT2D eigenvalue weighted by Gasteiger charge is -2.13. The molecule has 0 aromatic heterocycles. The van der Waals surface area contributed by atoms with Gasteiger partial charge in [0.05, 0.1) is 25.5 Å². The third-order valence-corrected chi connectivity index (χ3v) is 3.42. The first-order chi connectivity index (χ1) is 11.1. The molecule has 0 bridgehead atoms. The van der Waals surface area contributed by atoms with Crippen LogP contribution in [0.2, 0.25) is 0 Å². The van der Waals surface area contributed by atoms with Gasteiger partial charge >= 0.3 is 0 Å². The molecule has 0 aliphatic carbocycles. The van der Waals surface area contributed by atoms with E-state index < -0.39 is 5.91 Å². The molecule has 0 saturated heterocycles. The van der Waals surface area contributed by atoms with E-state index in [-0.39, 0.29) is 5.96 Å². The molecule has 3 rings (SSSR count). The van der Waals surface area contributed by atoms with Gasteiger partial charge in [0.2, 0.25) is 5.96 Å². The van der Waals surface area contributed by atoms with E-state index in [4.69, 9.17) is 15.2 Å². The van der Waals surface area contributed by atoms with Crippen molar-refractivity contribution in [2.24, 2.45) is 20.7 Å². The molecule has 0 fully saturated rings. The van der Waals surface area contributed by atoms with E-state index in [9.17, 15) is 4.79 Å². The van der Waals surface area contributed by atoms with Crippen molar-refractivity contribution in [3.05, 3.63) is 29.3 Å². The highest BCUT2D eigenvalue weighted by atomic mass is 16.5. The number of carbonyl (C=O) groups excluding carboxylic acids is 1. The van der Waals surface area contributed by atoms with Crippen LogP contribution >= 0.6 is 0 Å². The van der Waals surface area contributed by atoms with Gasteiger partial charge in [0.25, 0.3) is 5.91 Å². The number of amides is 1. The number of rotatable bonds is 5. The molecule has 0 unspecified atom stereocenters. The SMILES string of the molecule is COc1ccc(NCC2=C3C(=O)N=C(N)N=C3N=C2)c(OC)c1. The Labute approximate surface area is 132 Å². The molecule has 2 aliphatic rings. The summed E-state index contributed by atoms with van der Waals surface area (Å²) in [5, 5.41) is 3.21. The van der Waals surface area contributed by atoms with Gasteiger partial charge < -0.3 is 20.5 Å². The average molecular weight is 313 g/mol. The Hall–Kier alpha value is -3.16. The highest BCUT2D eigenvalue weighted by molar-refractivity contribution is 6.34. The summed E-state index contributed by atoms with van der Waals surface area (Å²) in [6.45, 7) is 0.377. The molecule has 2 aliphatic heterocycles. The van der Waals surface area contributed by atoms with Crippen molar-refractivity contribution in [3.8, 4) is 11.5 Å². The Bertz CT molecular complexity index is 792. The van der Waals surface area contributed by atoms with Gasteiger partial charge in [0.1, 0.15) is 11.5 Å². The second-order valence-corrected chi connectivity index (χ2v) is 4.79. The van der Waals surface area contributed by atoms with Crippen molar-refractivity contribution >= 4 is 29.6 Å². The molecule has 3 N–H and O–H groups in total. The van der Waals surface area contributed by atoms with E-state index in [0.29, 0.717) is 35.0 Å². The van der Waals surface area contributed by atoms with Crippen molar-refractivity contribution < 1.29 is 14.3 Å². The zero-order chi connectivity index (χ0) is 16.4. The van der Waals surface area contributed by atoms with Crippen molar-refractivity contribution in [2.45, 2.75) is 0 Å². The van der Waals surface area contributed by atoms with Crippen molar-refractivity contribution in [3.63, 3.8) is 0 Å². The summed E-state index contributed by atoms with van der Waals surface area (Å²) in [5.41, 5.74) is 7.30. The summed E-state index contributed by atoms with van der Waals surface area (Å²) >= 11 is 0. The molecule has 8 nitrogen and oxygen atoms in total. The molecule has 0 radical (unpaired) electrons. The summed E-state index contributed by atoms with van der Waals surface area (Å²) in [5.74, 6) is 1.14. The zero-order valence-electron chi connectivity index (χ0n) is 12.7. The normalized spacial score (nSPS) is 16.0. The molecule has 0 atom stereocenters. The third-order valence-electron chi connectivity index (χ3n) is 3.42. The molecular weight excluding hydrogens is 298 g/mol. The number of hydrogen-bond donors (Lipinski definition) is 2. The molecule has 1 aromatic rings. The highest BCUT2D eigenvalue weighted by Crippen LogP contribution is 2.29. The van der Waals surface area contributed by atoms with Gasteiger partial charge in [-0.1, -0.05) is 0 Å². The summed E-state index contributed by atoms with van der Waals surface area (Å²) in [7, 11) is 3.16. The van der Waals surface area contributed by atoms with E-state index >= 15 is 0 Å². The van der Waals surface area contributed by atoms with Gasteiger partial charge in [-0.15, -0.1) is 0 Å². The molecule has 23 heavy (non-hydrogen) atoms. The standard InChI is InChI=1S/C15H15N5O3/c1-22-9-3-4-10(11(5-9)23-2)17-6-8-7-18-13-12(8)14(21)20-15(16)19-13/h3-5,7,17H,6H2,1-2H3,(H2,16,20,21). The number of hydrogen-bond acceptors (Lipinski definition) is 7. The van der Waals surface area contributed by atoms with E-state index in [1.165, 1.54) is 0 Å². The number of aliphatic imine (C=N–C) groups is 3. The van der Waals surface area contributed by atoms with Gasteiger partial charge in [-0.25, -0.2) is 4.99 Å². The minimum absolute atomic E-state index is 0.0723. The largest absolute Gasteiger partial charge is 0.497 e. The van der Waals surface area contributed by atoms with E-state index in [1.807, 2.05) is 12.1 Å². The first-order valence-electron chi connectivity index (χ1n) is 6.83. The van der Waals surface area contributed by atoms with Crippen LogP contribution in [0.15, 0.2) is 44.3 Å². The Balaban J connectivity index is 1.81. The topological polar surface area (TPSA) is 111 Å². The number of fused-ring (bicyclic) bond motifs is 1. The van der Waals surface area contributed by atoms with Crippen molar-refractivity contribution in [1.82, 2.24) is 0 Å². The quantitative estimate of drug-likeness (QED) is 0.833. The fourth-order valence-corrected chi connectivity index (χ4v) is 2.29. The number of ether oxygens (including phenoxy) is 2. The number of benzene rings is 1. The van der Waals surface area contributed by atoms with Crippen LogP contribution in [0.1, 0.15) is 0 Å². The number of nitrogens with zero attached hydrogens (tertiary/aromatic N) is 3. The molecule has 118 valence electrons. The molecule has 0 spiro atoms. The van der Waals surface area contributed by atoms with Crippen LogP contribution in [-0.2, 0) is 4.79 Å². The minimum Gasteiger partial charge on any atom is -0.497 e. The van der Waals surface area contributed by atoms with Crippen LogP contribution in [-0.4, -0.2) is 44.7 Å². The second-order valence-electron chi connectivity index (χ2n) is 4.79. The summed E-state index contributed by atoms with van der Waals surface area (Å²) in [6, 6.07) is 5.42. The number of carbonyl (C=O) groups is 1. The molecule has 1 amide bonds. The van der Waals surface area contributed by atoms with Crippen LogP contribution in [0.25, 0.3) is 0 Å². The van der Waals surface area contributed by atoms with Crippen molar-refractivity contribution in [2.75, 3.05) is 26.1 Å². The van der Waals surface area contributed by atoms with E-state index in [1.54, 1.807) is 26.5 Å². The Kier molecular flexibility index (Phi) is 3.80. The second kappa shape index (κ2) is 5.91. The fraction of sp³-hybridized carbons (Fsp3) is 0.200. The van der Waals surface area contributed by atoms with Gasteiger partial charge in [0, 0.05) is 24.4 Å². The smallest absolute Gasteiger partial charge is 0.284 e. The predicted octanol–water partition coefficient (Wildman–Crippen LogP) is 0.750. The number of amidine groups is 1. The molecule has 8 heteroatoms. The molecule has 1 aromatic carbocycles. The van der Waals surface area contributed by atoms with Crippen molar-refractivity contribution in [1.29, 1.82) is 0 Å². The average Bonchev–Trinajstić information content (AvgIpc) is 2.95. The molecular formula is C15H15N5O3. The third kappa shape index (κ3) is 2.78. The Morgan fingerprint density at radius 3 is 2.78 bits per heavy atom. The summed E-state index contributed by atoms with van der Waals surface area (Å²) in [6.07, 6.45) is 1.59. The first kappa shape index (κ1) is 14.8. The summed E-state index contributed by atoms with van der Waals surface area (Å²) < 4.78 is 10.5. The van der Waals surface area contributed by atoms with E-state index in [0.717, 1.165) is 5.69 Å². The predicted molar refractivity (Wildman–Crippen MR) is 87.6 cm³/mol. The minimum atomic E-state index is -0.427. The van der Waals surface area contributed by atoms with Gasteiger partial charge in [0.15, 0.2) is 5.84 Å². The molecule has 0 saturated carbocycles. The Morgan fingerprint density at radius 1 is 1.22 bits per heavy atom. The maximum Gasteiger partial charge on any atom is 0.284 e. The van der Waals surface area contributed by atoms with Crippen LogP contribution in [0, 0.1) is 0 Å². The number of methoxy groups -OCH3 is 2. The maximum atomic E-state index is 12.0. The van der Waals surface area contributed by atoms with Crippen LogP contribution in [0.3, 0.4) is 0 Å². The number of anilines is 1. The Morgan fingerprint density at radius 2 is 2.04 bits per heavy atom. The van der Waals surface area contributed by atoms with Gasteiger partial charge in [-0.2, -0.15) is 9.98 Å². The first-order valence-corrected chi connectivity index (χ1v) is 6.83. The summed E-state index contributed by atoms with van der Waals surface area (Å²) in [4.78, 5) is 23.7. The lowest BCUT2D eigenvalue weighted by Crippen LogP contribution is -2.23. The number of guanidine groups is 1. The van der Waals surface area contributed by atoms with Crippen LogP contribution < -0.4 is 20.5 Å². The fourth-order valence-electron chi connectivity index (χ4n) is 2.29. The maximum absolute atomic E-state index is 12.0. The monoisotopic (exact) mass is 313 g/mol. The zero-order valence-corrected chi connectivity index (χ0v) is 12.7. The highest BCUT2D eigenvalue weighted by Gasteiger charge is 2.27. The van der Waals surface area contributed by atoms with Crippen LogP contribution in [0.5, 0.6) is 11.5 Å². The molecule has 2 heterocycles. The lowest BCUT2D eigenvalue weighted by molar-refractivity contribution is -0.113. The van der Waals surface area contributed by atoms with E-state index in [2.05, 4.69) is 20.3 Å². The van der Waals surface area contributed by atoms with Crippen LogP contribution in [0.4, 0.5) is 5.69 Å². The van der Waals surface area contributed by atoms with Gasteiger partial charge in [-0.05, 0) is 12.1 Å².